The Morgan fingerprint density at radius 3 is 2.73 bits per heavy atom. The van der Waals surface area contributed by atoms with Crippen molar-refractivity contribution in [2.45, 2.75) is 65.5 Å². The molecule has 5 heteroatoms. The van der Waals surface area contributed by atoms with Crippen LogP contribution in [0.4, 0.5) is 0 Å². The Hall–Kier alpha value is -2.14. The zero-order valence-corrected chi connectivity index (χ0v) is 18.5. The van der Waals surface area contributed by atoms with E-state index in [-0.39, 0.29) is 28.9 Å². The molecule has 1 saturated heterocycles. The number of rotatable bonds is 4. The summed E-state index contributed by atoms with van der Waals surface area (Å²) >= 11 is 0. The third-order valence-corrected chi connectivity index (χ3v) is 8.46. The molecule has 3 fully saturated rings. The van der Waals surface area contributed by atoms with Crippen LogP contribution in [0.15, 0.2) is 36.7 Å². The van der Waals surface area contributed by atoms with Gasteiger partial charge in [0.1, 0.15) is 5.82 Å². The minimum atomic E-state index is 0.110. The Morgan fingerprint density at radius 1 is 1.30 bits per heavy atom. The summed E-state index contributed by atoms with van der Waals surface area (Å²) in [6.07, 6.45) is 7.94. The molecule has 1 N–H and O–H groups in total. The molecule has 2 bridgehead atoms. The zero-order valence-electron chi connectivity index (χ0n) is 18.5. The number of imidazole rings is 1. The van der Waals surface area contributed by atoms with Crippen molar-refractivity contribution in [2.75, 3.05) is 6.61 Å². The molecule has 1 aromatic heterocycles. The Bertz CT molecular complexity index is 948. The summed E-state index contributed by atoms with van der Waals surface area (Å²) < 4.78 is 8.50. The second kappa shape index (κ2) is 6.94. The molecular formula is C25H33N3O2. The van der Waals surface area contributed by atoms with Crippen LogP contribution in [0.2, 0.25) is 0 Å². The molecule has 1 spiro atoms. The third-order valence-electron chi connectivity index (χ3n) is 8.46. The van der Waals surface area contributed by atoms with Gasteiger partial charge in [0.25, 0.3) is 0 Å². The molecule has 1 aromatic carbocycles. The molecule has 160 valence electrons. The van der Waals surface area contributed by atoms with Crippen molar-refractivity contribution >= 4 is 5.91 Å². The Morgan fingerprint density at radius 2 is 2.07 bits per heavy atom. The topological polar surface area (TPSA) is 56.2 Å². The van der Waals surface area contributed by atoms with E-state index in [2.05, 4.69) is 53.0 Å². The quantitative estimate of drug-likeness (QED) is 0.806. The van der Waals surface area contributed by atoms with Gasteiger partial charge in [0, 0.05) is 37.2 Å². The van der Waals surface area contributed by atoms with Crippen LogP contribution in [-0.2, 0) is 9.53 Å². The number of aryl methyl sites for hydroxylation is 1. The molecule has 2 aromatic rings. The van der Waals surface area contributed by atoms with Crippen LogP contribution in [0.5, 0.6) is 0 Å². The summed E-state index contributed by atoms with van der Waals surface area (Å²) in [6.45, 7) is 9.45. The highest BCUT2D eigenvalue weighted by Gasteiger charge is 2.68. The van der Waals surface area contributed by atoms with Crippen molar-refractivity contribution < 1.29 is 9.53 Å². The van der Waals surface area contributed by atoms with Gasteiger partial charge in [-0.2, -0.15) is 0 Å². The first-order valence-electron chi connectivity index (χ1n) is 11.4. The van der Waals surface area contributed by atoms with Gasteiger partial charge in [0.15, 0.2) is 0 Å². The lowest BCUT2D eigenvalue weighted by atomic mass is 9.59. The SMILES string of the molecule is CCC(=O)N[C@H]1C(C)(C)[C@@H]2C[C@@H]3[C@@H](c4ccc(-n5ccnc5C)cc4)OCCC31C2. The average molecular weight is 408 g/mol. The monoisotopic (exact) mass is 407 g/mol. The van der Waals surface area contributed by atoms with E-state index in [1.807, 2.05) is 26.2 Å². The molecule has 2 aliphatic carbocycles. The maximum atomic E-state index is 12.4. The van der Waals surface area contributed by atoms with Gasteiger partial charge < -0.3 is 14.6 Å². The summed E-state index contributed by atoms with van der Waals surface area (Å²) in [4.78, 5) is 16.7. The number of aromatic nitrogens is 2. The molecule has 0 radical (unpaired) electrons. The maximum absolute atomic E-state index is 12.4. The van der Waals surface area contributed by atoms with E-state index in [1.165, 1.54) is 18.4 Å². The van der Waals surface area contributed by atoms with Crippen LogP contribution in [-0.4, -0.2) is 28.1 Å². The van der Waals surface area contributed by atoms with Gasteiger partial charge in [-0.15, -0.1) is 0 Å². The fraction of sp³-hybridized carbons (Fsp3) is 0.600. The number of amides is 1. The summed E-state index contributed by atoms with van der Waals surface area (Å²) in [5, 5.41) is 3.44. The first-order chi connectivity index (χ1) is 14.4. The Balaban J connectivity index is 1.45. The van der Waals surface area contributed by atoms with Crippen LogP contribution < -0.4 is 5.32 Å². The smallest absolute Gasteiger partial charge is 0.219 e. The van der Waals surface area contributed by atoms with Crippen LogP contribution in [0.25, 0.3) is 5.69 Å². The maximum Gasteiger partial charge on any atom is 0.219 e. The van der Waals surface area contributed by atoms with Crippen LogP contribution in [0, 0.1) is 29.6 Å². The van der Waals surface area contributed by atoms with Gasteiger partial charge in [-0.25, -0.2) is 4.98 Å². The van der Waals surface area contributed by atoms with Gasteiger partial charge in [-0.05, 0) is 66.5 Å². The molecule has 2 heterocycles. The molecule has 5 atom stereocenters. The van der Waals surface area contributed by atoms with Crippen LogP contribution >= 0.6 is 0 Å². The van der Waals surface area contributed by atoms with Crippen LogP contribution in [0.3, 0.4) is 0 Å². The standard InChI is InChI=1S/C25H33N3O2/c1-5-21(29)27-23-24(3,4)18-14-20-22(30-13-10-25(20,23)15-18)17-6-8-19(9-7-17)28-12-11-26-16(28)2/h6-9,11-12,18,20,22-23H,5,10,13-15H2,1-4H3,(H,27,29)/t18-,20-,22-,23+,25?/m1/s1. The first kappa shape index (κ1) is 19.8. The molecule has 1 unspecified atom stereocenters. The third kappa shape index (κ3) is 2.78. The van der Waals surface area contributed by atoms with Gasteiger partial charge in [-0.3, -0.25) is 4.79 Å². The van der Waals surface area contributed by atoms with E-state index in [0.29, 0.717) is 18.3 Å². The summed E-state index contributed by atoms with van der Waals surface area (Å²) in [7, 11) is 0. The fourth-order valence-corrected chi connectivity index (χ4v) is 6.86. The highest BCUT2D eigenvalue weighted by Crippen LogP contribution is 2.70. The van der Waals surface area contributed by atoms with Crippen molar-refractivity contribution in [3.05, 3.63) is 48.0 Å². The van der Waals surface area contributed by atoms with E-state index < -0.39 is 0 Å². The predicted octanol–water partition coefficient (Wildman–Crippen LogP) is 4.59. The number of fused-ring (bicyclic) bond motifs is 1. The minimum Gasteiger partial charge on any atom is -0.373 e. The van der Waals surface area contributed by atoms with E-state index in [4.69, 9.17) is 4.74 Å². The highest BCUT2D eigenvalue weighted by molar-refractivity contribution is 5.76. The fourth-order valence-electron chi connectivity index (χ4n) is 6.86. The highest BCUT2D eigenvalue weighted by atomic mass is 16.5. The van der Waals surface area contributed by atoms with Gasteiger partial charge in [-0.1, -0.05) is 32.9 Å². The predicted molar refractivity (Wildman–Crippen MR) is 116 cm³/mol. The second-order valence-electron chi connectivity index (χ2n) is 10.1. The number of carbonyl (C=O) groups excluding carboxylic acids is 1. The number of ether oxygens (including phenoxy) is 1. The number of nitrogens with zero attached hydrogens (tertiary/aromatic N) is 2. The van der Waals surface area contributed by atoms with Crippen molar-refractivity contribution in [3.8, 4) is 5.69 Å². The minimum absolute atomic E-state index is 0.110. The number of hydrogen-bond acceptors (Lipinski definition) is 3. The van der Waals surface area contributed by atoms with Gasteiger partial charge in [0.05, 0.1) is 6.10 Å². The molecule has 2 saturated carbocycles. The molecule has 1 aliphatic heterocycles. The summed E-state index contributed by atoms with van der Waals surface area (Å²) in [5.41, 5.74) is 2.68. The van der Waals surface area contributed by atoms with Crippen molar-refractivity contribution in [3.63, 3.8) is 0 Å². The molecule has 5 nitrogen and oxygen atoms in total. The van der Waals surface area contributed by atoms with Crippen molar-refractivity contribution in [1.29, 1.82) is 0 Å². The average Bonchev–Trinajstić information content (AvgIpc) is 3.40. The van der Waals surface area contributed by atoms with E-state index >= 15 is 0 Å². The largest absolute Gasteiger partial charge is 0.373 e. The lowest BCUT2D eigenvalue weighted by Crippen LogP contribution is -2.58. The van der Waals surface area contributed by atoms with Gasteiger partial charge >= 0.3 is 0 Å². The summed E-state index contributed by atoms with van der Waals surface area (Å²) in [6, 6.07) is 9.01. The van der Waals surface area contributed by atoms with Gasteiger partial charge in [0.2, 0.25) is 5.91 Å². The van der Waals surface area contributed by atoms with Crippen molar-refractivity contribution in [1.82, 2.24) is 14.9 Å². The number of hydrogen-bond donors (Lipinski definition) is 1. The first-order valence-corrected chi connectivity index (χ1v) is 11.4. The normalized spacial score (nSPS) is 34.0. The Kier molecular flexibility index (Phi) is 4.58. The molecule has 5 rings (SSSR count). The summed E-state index contributed by atoms with van der Waals surface area (Å²) in [5.74, 6) is 2.27. The number of benzene rings is 1. The number of carbonyl (C=O) groups is 1. The molecule has 1 amide bonds. The molecule has 30 heavy (non-hydrogen) atoms. The lowest BCUT2D eigenvalue weighted by Gasteiger charge is -2.53. The van der Waals surface area contributed by atoms with Crippen LogP contribution in [0.1, 0.15) is 63.9 Å². The van der Waals surface area contributed by atoms with E-state index in [9.17, 15) is 4.79 Å². The number of nitrogens with one attached hydrogen (secondary N) is 1. The Labute approximate surface area is 179 Å². The van der Waals surface area contributed by atoms with E-state index in [1.54, 1.807) is 0 Å². The lowest BCUT2D eigenvalue weighted by molar-refractivity contribution is -0.137. The second-order valence-corrected chi connectivity index (χ2v) is 10.1. The van der Waals surface area contributed by atoms with Crippen molar-refractivity contribution in [2.24, 2.45) is 22.7 Å². The zero-order chi connectivity index (χ0) is 21.1. The molecule has 3 aliphatic rings. The molecular weight excluding hydrogens is 374 g/mol. The van der Waals surface area contributed by atoms with E-state index in [0.717, 1.165) is 24.5 Å².